The Labute approximate surface area is 137 Å². The average Bonchev–Trinajstić information content (AvgIpc) is 2.47. The van der Waals surface area contributed by atoms with Crippen molar-refractivity contribution in [3.05, 3.63) is 47.2 Å². The first-order valence-corrected chi connectivity index (χ1v) is 9.02. The summed E-state index contributed by atoms with van der Waals surface area (Å²) in [6.07, 6.45) is 0.805. The van der Waals surface area contributed by atoms with Crippen molar-refractivity contribution in [2.45, 2.75) is 39.0 Å². The van der Waals surface area contributed by atoms with E-state index in [4.69, 9.17) is 4.74 Å². The number of ether oxygens (including phenoxy) is 1. The molecule has 1 aromatic heterocycles. The molecule has 0 aliphatic rings. The van der Waals surface area contributed by atoms with Gasteiger partial charge < -0.3 is 4.74 Å². The Balaban J connectivity index is 2.43. The lowest BCUT2D eigenvalue weighted by molar-refractivity contribution is 0.309. The first-order valence-electron chi connectivity index (χ1n) is 7.54. The fourth-order valence-electron chi connectivity index (χ4n) is 2.09. The van der Waals surface area contributed by atoms with Gasteiger partial charge in [-0.2, -0.15) is 0 Å². The molecule has 0 amide bonds. The Morgan fingerprint density at radius 1 is 1.13 bits per heavy atom. The van der Waals surface area contributed by atoms with Crippen LogP contribution in [0.1, 0.15) is 30.2 Å². The molecule has 23 heavy (non-hydrogen) atoms. The second-order valence-electron chi connectivity index (χ2n) is 5.50. The van der Waals surface area contributed by atoms with Crippen LogP contribution in [0.15, 0.2) is 35.2 Å². The Hall–Kier alpha value is -2.08. The lowest BCUT2D eigenvalue weighted by atomic mass is 10.1. The molecule has 6 heteroatoms. The van der Waals surface area contributed by atoms with Crippen LogP contribution in [0.3, 0.4) is 0 Å². The average molecular weight is 334 g/mol. The van der Waals surface area contributed by atoms with Crippen molar-refractivity contribution in [2.24, 2.45) is 0 Å². The summed E-state index contributed by atoms with van der Waals surface area (Å²) >= 11 is 0. The van der Waals surface area contributed by atoms with E-state index < -0.39 is 10.0 Å². The minimum absolute atomic E-state index is 0.136. The Morgan fingerprint density at radius 2 is 1.83 bits per heavy atom. The van der Waals surface area contributed by atoms with E-state index in [1.807, 2.05) is 33.8 Å². The summed E-state index contributed by atoms with van der Waals surface area (Å²) in [6.45, 7) is 8.06. The van der Waals surface area contributed by atoms with Crippen LogP contribution >= 0.6 is 0 Å². The third-order valence-electron chi connectivity index (χ3n) is 3.44. The molecule has 0 unspecified atom stereocenters. The minimum Gasteiger partial charge on any atom is -0.492 e. The van der Waals surface area contributed by atoms with Crippen molar-refractivity contribution in [3.63, 3.8) is 0 Å². The molecule has 1 N–H and O–H groups in total. The van der Waals surface area contributed by atoms with E-state index in [1.54, 1.807) is 24.3 Å². The quantitative estimate of drug-likeness (QED) is 0.876. The molecule has 0 fully saturated rings. The zero-order valence-electron chi connectivity index (χ0n) is 13.9. The van der Waals surface area contributed by atoms with E-state index in [1.165, 1.54) is 0 Å². The summed E-state index contributed by atoms with van der Waals surface area (Å²) < 4.78 is 33.6. The highest BCUT2D eigenvalue weighted by Crippen LogP contribution is 2.29. The molecule has 0 aliphatic heterocycles. The molecular weight excluding hydrogens is 312 g/mol. The fraction of sp³-hybridized carbons (Fsp3) is 0.353. The molecule has 1 aromatic carbocycles. The summed E-state index contributed by atoms with van der Waals surface area (Å²) in [6, 6.07) is 8.60. The summed E-state index contributed by atoms with van der Waals surface area (Å²) in [4.78, 5) is 4.32. The number of rotatable bonds is 6. The highest BCUT2D eigenvalue weighted by atomic mass is 32.2. The summed E-state index contributed by atoms with van der Waals surface area (Å²) in [5.41, 5.74) is 2.63. The fourth-order valence-corrected chi connectivity index (χ4v) is 3.30. The van der Waals surface area contributed by atoms with Crippen LogP contribution in [0.25, 0.3) is 0 Å². The Morgan fingerprint density at radius 3 is 2.48 bits per heavy atom. The predicted molar refractivity (Wildman–Crippen MR) is 91.5 cm³/mol. The zero-order valence-corrected chi connectivity index (χ0v) is 14.7. The number of aromatic nitrogens is 1. The van der Waals surface area contributed by atoms with Crippen molar-refractivity contribution in [1.82, 2.24) is 4.98 Å². The number of sulfonamides is 1. The zero-order chi connectivity index (χ0) is 17.0. The van der Waals surface area contributed by atoms with E-state index in [0.29, 0.717) is 18.2 Å². The van der Waals surface area contributed by atoms with Gasteiger partial charge in [0.15, 0.2) is 0 Å². The Kier molecular flexibility index (Phi) is 5.26. The molecule has 5 nitrogen and oxygen atoms in total. The molecule has 0 bridgehead atoms. The number of pyridine rings is 1. The molecule has 0 radical (unpaired) electrons. The molecule has 2 rings (SSSR count). The second kappa shape index (κ2) is 7.00. The summed E-state index contributed by atoms with van der Waals surface area (Å²) in [5, 5.41) is 0. The number of anilines is 1. The third kappa shape index (κ3) is 4.22. The van der Waals surface area contributed by atoms with Crippen molar-refractivity contribution in [1.29, 1.82) is 0 Å². The van der Waals surface area contributed by atoms with Gasteiger partial charge in [0.2, 0.25) is 0 Å². The number of nitrogens with zero attached hydrogens (tertiary/aromatic N) is 1. The molecule has 0 aliphatic carbocycles. The van der Waals surface area contributed by atoms with Crippen LogP contribution in [-0.2, 0) is 10.0 Å². The van der Waals surface area contributed by atoms with Crippen LogP contribution in [0.5, 0.6) is 5.75 Å². The molecule has 0 saturated carbocycles. The minimum atomic E-state index is -3.77. The lowest BCUT2D eigenvalue weighted by Crippen LogP contribution is -2.16. The maximum absolute atomic E-state index is 12.7. The lowest BCUT2D eigenvalue weighted by Gasteiger charge is -2.15. The van der Waals surface area contributed by atoms with Crippen molar-refractivity contribution < 1.29 is 13.2 Å². The molecule has 2 aromatic rings. The smallest absolute Gasteiger partial charge is 0.266 e. The highest BCUT2D eigenvalue weighted by Gasteiger charge is 2.21. The Bertz CT molecular complexity index is 801. The highest BCUT2D eigenvalue weighted by molar-refractivity contribution is 7.92. The van der Waals surface area contributed by atoms with Gasteiger partial charge in [0.1, 0.15) is 16.5 Å². The standard InChI is InChI=1S/C17H22N2O3S/c1-5-9-22-15-10-12(2)13(3)11-16(15)23(20,21)19-17-8-6-7-14(4)18-17/h6-8,10-11H,5,9H2,1-4H3,(H,18,19). The maximum atomic E-state index is 12.7. The normalized spacial score (nSPS) is 11.3. The topological polar surface area (TPSA) is 68.3 Å². The first-order chi connectivity index (χ1) is 10.8. The van der Waals surface area contributed by atoms with E-state index in [2.05, 4.69) is 9.71 Å². The number of hydrogen-bond donors (Lipinski definition) is 1. The van der Waals surface area contributed by atoms with Crippen molar-refractivity contribution in [3.8, 4) is 5.75 Å². The van der Waals surface area contributed by atoms with Crippen LogP contribution in [0.4, 0.5) is 5.82 Å². The third-order valence-corrected chi connectivity index (χ3v) is 4.81. The van der Waals surface area contributed by atoms with Gasteiger partial charge in [-0.1, -0.05) is 13.0 Å². The van der Waals surface area contributed by atoms with E-state index >= 15 is 0 Å². The van der Waals surface area contributed by atoms with Crippen molar-refractivity contribution in [2.75, 3.05) is 11.3 Å². The number of aryl methyl sites for hydroxylation is 3. The maximum Gasteiger partial charge on any atom is 0.266 e. The number of hydrogen-bond acceptors (Lipinski definition) is 4. The molecule has 0 saturated heterocycles. The van der Waals surface area contributed by atoms with Gasteiger partial charge in [-0.15, -0.1) is 0 Å². The molecule has 0 atom stereocenters. The number of benzene rings is 1. The van der Waals surface area contributed by atoms with Gasteiger partial charge in [-0.05, 0) is 62.6 Å². The largest absolute Gasteiger partial charge is 0.492 e. The predicted octanol–water partition coefficient (Wildman–Crippen LogP) is 3.60. The number of nitrogens with one attached hydrogen (secondary N) is 1. The second-order valence-corrected chi connectivity index (χ2v) is 7.15. The monoisotopic (exact) mass is 334 g/mol. The molecular formula is C17H22N2O3S. The van der Waals surface area contributed by atoms with Gasteiger partial charge in [-0.3, -0.25) is 4.72 Å². The molecule has 124 valence electrons. The molecule has 1 heterocycles. The van der Waals surface area contributed by atoms with Crippen LogP contribution in [0, 0.1) is 20.8 Å². The van der Waals surface area contributed by atoms with Crippen LogP contribution < -0.4 is 9.46 Å². The summed E-state index contributed by atoms with van der Waals surface area (Å²) in [5.74, 6) is 0.666. The van der Waals surface area contributed by atoms with Gasteiger partial charge in [0.05, 0.1) is 6.61 Å². The van der Waals surface area contributed by atoms with Gasteiger partial charge in [-0.25, -0.2) is 13.4 Å². The van der Waals surface area contributed by atoms with Crippen LogP contribution in [-0.4, -0.2) is 20.0 Å². The van der Waals surface area contributed by atoms with Crippen LogP contribution in [0.2, 0.25) is 0 Å². The van der Waals surface area contributed by atoms with Gasteiger partial charge in [0.25, 0.3) is 10.0 Å². The first kappa shape index (κ1) is 17.3. The SMILES string of the molecule is CCCOc1cc(C)c(C)cc1S(=O)(=O)Nc1cccc(C)n1. The molecule has 0 spiro atoms. The van der Waals surface area contributed by atoms with E-state index in [-0.39, 0.29) is 4.90 Å². The van der Waals surface area contributed by atoms with E-state index in [9.17, 15) is 8.42 Å². The summed E-state index contributed by atoms with van der Waals surface area (Å²) in [7, 11) is -3.77. The van der Waals surface area contributed by atoms with Gasteiger partial charge in [0, 0.05) is 5.69 Å². The van der Waals surface area contributed by atoms with Gasteiger partial charge >= 0.3 is 0 Å². The van der Waals surface area contributed by atoms with E-state index in [0.717, 1.165) is 23.2 Å². The van der Waals surface area contributed by atoms with Crippen molar-refractivity contribution >= 4 is 15.8 Å².